The molecule has 160 valence electrons. The van der Waals surface area contributed by atoms with E-state index in [1.54, 1.807) is 7.05 Å². The van der Waals surface area contributed by atoms with Gasteiger partial charge in [0.05, 0.1) is 17.9 Å². The smallest absolute Gasteiger partial charge is 0.243 e. The summed E-state index contributed by atoms with van der Waals surface area (Å²) < 4.78 is 41.6. The number of halogens is 4. The zero-order valence-electron chi connectivity index (χ0n) is 16.4. The summed E-state index contributed by atoms with van der Waals surface area (Å²) in [6.07, 6.45) is 0.787. The topological polar surface area (TPSA) is 83.3 Å². The van der Waals surface area contributed by atoms with E-state index in [1.165, 1.54) is 0 Å². The van der Waals surface area contributed by atoms with Gasteiger partial charge in [-0.2, -0.15) is 5.10 Å². The van der Waals surface area contributed by atoms with Crippen molar-refractivity contribution in [2.45, 2.75) is 26.8 Å². The summed E-state index contributed by atoms with van der Waals surface area (Å²) in [5.41, 5.74) is 1.62. The van der Waals surface area contributed by atoms with E-state index in [0.717, 1.165) is 36.5 Å². The van der Waals surface area contributed by atoms with Gasteiger partial charge in [-0.15, -0.1) is 24.0 Å². The van der Waals surface area contributed by atoms with Gasteiger partial charge in [0, 0.05) is 25.8 Å². The van der Waals surface area contributed by atoms with Crippen molar-refractivity contribution >= 4 is 41.5 Å². The lowest BCUT2D eigenvalue weighted by Crippen LogP contribution is -2.42. The zero-order valence-corrected chi connectivity index (χ0v) is 18.7. The van der Waals surface area contributed by atoms with E-state index in [0.29, 0.717) is 12.5 Å². The minimum atomic E-state index is -1.63. The number of aromatic nitrogens is 2. The van der Waals surface area contributed by atoms with Gasteiger partial charge >= 0.3 is 0 Å². The van der Waals surface area contributed by atoms with Crippen molar-refractivity contribution < 1.29 is 18.0 Å². The highest BCUT2D eigenvalue weighted by Gasteiger charge is 2.15. The number of aryl methyl sites for hydroxylation is 3. The summed E-state index contributed by atoms with van der Waals surface area (Å²) >= 11 is 0. The molecule has 0 bridgehead atoms. The summed E-state index contributed by atoms with van der Waals surface area (Å²) in [6.45, 7) is 5.03. The number of hydrogen-bond donors (Lipinski definition) is 3. The molecule has 0 fully saturated rings. The van der Waals surface area contributed by atoms with Crippen LogP contribution in [0, 0.1) is 31.3 Å². The second-order valence-corrected chi connectivity index (χ2v) is 6.13. The number of nitrogens with one attached hydrogen (secondary N) is 3. The first kappa shape index (κ1) is 24.7. The molecule has 0 spiro atoms. The third-order valence-electron chi connectivity index (χ3n) is 3.89. The van der Waals surface area contributed by atoms with Crippen LogP contribution in [-0.4, -0.2) is 41.8 Å². The number of carbonyl (C=O) groups is 1. The number of guanidine groups is 1. The molecule has 0 atom stereocenters. The first-order valence-electron chi connectivity index (χ1n) is 8.70. The van der Waals surface area contributed by atoms with Crippen molar-refractivity contribution in [3.05, 3.63) is 47.0 Å². The molecule has 0 unspecified atom stereocenters. The van der Waals surface area contributed by atoms with Crippen molar-refractivity contribution in [1.82, 2.24) is 20.4 Å². The molecule has 0 aliphatic rings. The molecule has 11 heteroatoms. The van der Waals surface area contributed by atoms with Crippen LogP contribution in [0.15, 0.2) is 23.2 Å². The number of benzene rings is 1. The fourth-order valence-electron chi connectivity index (χ4n) is 2.54. The first-order valence-corrected chi connectivity index (χ1v) is 8.70. The Hall–Kier alpha value is -2.31. The number of nitrogens with zero attached hydrogens (tertiary/aromatic N) is 3. The number of rotatable bonds is 7. The van der Waals surface area contributed by atoms with Crippen LogP contribution in [0.5, 0.6) is 0 Å². The molecule has 0 aliphatic carbocycles. The quantitative estimate of drug-likeness (QED) is 0.171. The lowest BCUT2D eigenvalue weighted by Gasteiger charge is -2.12. The molecule has 7 nitrogen and oxygen atoms in total. The zero-order chi connectivity index (χ0) is 20.7. The molecule has 3 N–H and O–H groups in total. The number of amides is 1. The van der Waals surface area contributed by atoms with E-state index in [1.807, 2.05) is 24.6 Å². The molecule has 0 saturated heterocycles. The fraction of sp³-hybridized carbons (Fsp3) is 0.389. The summed E-state index contributed by atoms with van der Waals surface area (Å²) in [5, 5.41) is 12.4. The van der Waals surface area contributed by atoms with Crippen molar-refractivity contribution in [3.63, 3.8) is 0 Å². The molecule has 0 saturated carbocycles. The second kappa shape index (κ2) is 11.6. The first-order chi connectivity index (χ1) is 13.3. The minimum Gasteiger partial charge on any atom is -0.356 e. The maximum Gasteiger partial charge on any atom is 0.243 e. The Morgan fingerprint density at radius 1 is 1.17 bits per heavy atom. The van der Waals surface area contributed by atoms with Crippen LogP contribution in [0.25, 0.3) is 0 Å². The standard InChI is InChI=1S/C18H23F3N6O.HI/c1-11-9-12(2)27(26-11)8-4-7-23-18(22-3)24-10-15(28)25-14-6-5-13(19)16(20)17(14)21;/h5-6,9H,4,7-8,10H2,1-3H3,(H,25,28)(H2,22,23,24);1H. The van der Waals surface area contributed by atoms with Crippen molar-refractivity contribution in [3.8, 4) is 0 Å². The maximum absolute atomic E-state index is 13.6. The second-order valence-electron chi connectivity index (χ2n) is 6.13. The van der Waals surface area contributed by atoms with Gasteiger partial charge in [0.25, 0.3) is 0 Å². The van der Waals surface area contributed by atoms with Crippen LogP contribution >= 0.6 is 24.0 Å². The van der Waals surface area contributed by atoms with Crippen LogP contribution in [-0.2, 0) is 11.3 Å². The molecule has 29 heavy (non-hydrogen) atoms. The predicted octanol–water partition coefficient (Wildman–Crippen LogP) is 2.73. The van der Waals surface area contributed by atoms with Crippen LogP contribution in [0.4, 0.5) is 18.9 Å². The van der Waals surface area contributed by atoms with Gasteiger partial charge in [0.15, 0.2) is 23.4 Å². The van der Waals surface area contributed by atoms with Gasteiger partial charge in [-0.05, 0) is 38.5 Å². The Labute approximate surface area is 184 Å². The summed E-state index contributed by atoms with van der Waals surface area (Å²) in [4.78, 5) is 15.9. The summed E-state index contributed by atoms with van der Waals surface area (Å²) in [7, 11) is 1.54. The van der Waals surface area contributed by atoms with E-state index < -0.39 is 29.0 Å². The van der Waals surface area contributed by atoms with Gasteiger partial charge in [-0.1, -0.05) is 0 Å². The third kappa shape index (κ3) is 7.22. The Morgan fingerprint density at radius 3 is 2.52 bits per heavy atom. The number of hydrogen-bond acceptors (Lipinski definition) is 3. The van der Waals surface area contributed by atoms with E-state index in [4.69, 9.17) is 0 Å². The molecule has 1 amide bonds. The predicted molar refractivity (Wildman–Crippen MR) is 116 cm³/mol. The third-order valence-corrected chi connectivity index (χ3v) is 3.89. The highest BCUT2D eigenvalue weighted by atomic mass is 127. The highest BCUT2D eigenvalue weighted by molar-refractivity contribution is 14.0. The Morgan fingerprint density at radius 2 is 1.90 bits per heavy atom. The van der Waals surface area contributed by atoms with Crippen molar-refractivity contribution in [2.75, 3.05) is 25.5 Å². The fourth-order valence-corrected chi connectivity index (χ4v) is 2.54. The Kier molecular flexibility index (Phi) is 9.92. The van der Waals surface area contributed by atoms with Crippen molar-refractivity contribution in [1.29, 1.82) is 0 Å². The van der Waals surface area contributed by atoms with Crippen LogP contribution < -0.4 is 16.0 Å². The maximum atomic E-state index is 13.6. The van der Waals surface area contributed by atoms with Crippen LogP contribution in [0.1, 0.15) is 17.8 Å². The van der Waals surface area contributed by atoms with Gasteiger partial charge < -0.3 is 16.0 Å². The number of anilines is 1. The van der Waals surface area contributed by atoms with Gasteiger partial charge in [0.2, 0.25) is 5.91 Å². The van der Waals surface area contributed by atoms with E-state index in [9.17, 15) is 18.0 Å². The van der Waals surface area contributed by atoms with Crippen LogP contribution in [0.2, 0.25) is 0 Å². The lowest BCUT2D eigenvalue weighted by atomic mass is 10.2. The summed E-state index contributed by atoms with van der Waals surface area (Å²) in [5.74, 6) is -4.64. The van der Waals surface area contributed by atoms with Crippen molar-refractivity contribution in [2.24, 2.45) is 4.99 Å². The molecule has 2 aromatic rings. The highest BCUT2D eigenvalue weighted by Crippen LogP contribution is 2.19. The number of carbonyl (C=O) groups excluding carboxylic acids is 1. The summed E-state index contributed by atoms with van der Waals surface area (Å²) in [6, 6.07) is 3.70. The lowest BCUT2D eigenvalue weighted by molar-refractivity contribution is -0.115. The van der Waals surface area contributed by atoms with E-state index >= 15 is 0 Å². The molecule has 0 aliphatic heterocycles. The van der Waals surface area contributed by atoms with E-state index in [-0.39, 0.29) is 30.5 Å². The average molecular weight is 524 g/mol. The molecule has 1 aromatic carbocycles. The monoisotopic (exact) mass is 524 g/mol. The molecule has 1 heterocycles. The average Bonchev–Trinajstić information content (AvgIpc) is 2.98. The normalized spacial score (nSPS) is 11.0. The van der Waals surface area contributed by atoms with Gasteiger partial charge in [0.1, 0.15) is 0 Å². The largest absolute Gasteiger partial charge is 0.356 e. The molecule has 2 rings (SSSR count). The Balaban J connectivity index is 0.00000420. The number of aliphatic imine (C=N–C) groups is 1. The molecule has 0 radical (unpaired) electrons. The SMILES string of the molecule is CN=C(NCCCn1nc(C)cc1C)NCC(=O)Nc1ccc(F)c(F)c1F.I. The molecular weight excluding hydrogens is 500 g/mol. The molecular formula is C18H24F3IN6O. The minimum absolute atomic E-state index is 0. The van der Waals surface area contributed by atoms with Crippen LogP contribution in [0.3, 0.4) is 0 Å². The van der Waals surface area contributed by atoms with Gasteiger partial charge in [-0.3, -0.25) is 14.5 Å². The van der Waals surface area contributed by atoms with Gasteiger partial charge in [-0.25, -0.2) is 13.2 Å². The molecule has 1 aromatic heterocycles. The Bertz CT molecular complexity index is 872. The van der Waals surface area contributed by atoms with E-state index in [2.05, 4.69) is 26.0 Å².